The summed E-state index contributed by atoms with van der Waals surface area (Å²) in [5.41, 5.74) is 4.51. The van der Waals surface area contributed by atoms with E-state index < -0.39 is 0 Å². The van der Waals surface area contributed by atoms with Crippen LogP contribution < -0.4 is 15.4 Å². The predicted octanol–water partition coefficient (Wildman–Crippen LogP) is 6.16. The molecular formula is C36H46N4O4. The summed E-state index contributed by atoms with van der Waals surface area (Å²) in [6.45, 7) is 5.66. The van der Waals surface area contributed by atoms with Crippen molar-refractivity contribution in [2.75, 3.05) is 32.1 Å². The molecule has 8 nitrogen and oxygen atoms in total. The largest absolute Gasteiger partial charge is 0.488 e. The molecule has 1 aliphatic heterocycles. The van der Waals surface area contributed by atoms with E-state index in [1.807, 2.05) is 25.1 Å². The second-order valence-corrected chi connectivity index (χ2v) is 12.5. The second kappa shape index (κ2) is 14.7. The molecule has 1 saturated carbocycles. The van der Waals surface area contributed by atoms with Crippen molar-refractivity contribution >= 4 is 17.6 Å². The molecule has 3 aromatic carbocycles. The van der Waals surface area contributed by atoms with E-state index in [0.717, 1.165) is 32.2 Å². The van der Waals surface area contributed by atoms with Crippen LogP contribution in [-0.4, -0.2) is 71.8 Å². The van der Waals surface area contributed by atoms with Gasteiger partial charge in [-0.15, -0.1) is 0 Å². The summed E-state index contributed by atoms with van der Waals surface area (Å²) in [6, 6.07) is 23.8. The number of benzene rings is 3. The number of ether oxygens (including phenoxy) is 1. The molecule has 0 bridgehead atoms. The number of aliphatic hydroxyl groups is 1. The fourth-order valence-corrected chi connectivity index (χ4v) is 6.23. The minimum Gasteiger partial charge on any atom is -0.488 e. The van der Waals surface area contributed by atoms with Gasteiger partial charge in [0.2, 0.25) is 0 Å². The average Bonchev–Trinajstić information content (AvgIpc) is 3.04. The molecule has 3 atom stereocenters. The Bertz CT molecular complexity index is 1390. The summed E-state index contributed by atoms with van der Waals surface area (Å²) in [5.74, 6) is 0.290. The van der Waals surface area contributed by atoms with Gasteiger partial charge in [0, 0.05) is 37.3 Å². The van der Waals surface area contributed by atoms with Crippen LogP contribution in [-0.2, 0) is 6.54 Å². The third-order valence-corrected chi connectivity index (χ3v) is 8.87. The van der Waals surface area contributed by atoms with E-state index in [0.29, 0.717) is 30.1 Å². The molecule has 0 aromatic heterocycles. The summed E-state index contributed by atoms with van der Waals surface area (Å²) in [4.78, 5) is 30.5. The topological polar surface area (TPSA) is 94.1 Å². The number of nitrogens with zero attached hydrogens (tertiary/aromatic N) is 2. The molecule has 0 spiro atoms. The summed E-state index contributed by atoms with van der Waals surface area (Å²) >= 11 is 0. The van der Waals surface area contributed by atoms with Crippen molar-refractivity contribution in [1.82, 2.24) is 15.1 Å². The van der Waals surface area contributed by atoms with Gasteiger partial charge in [-0.1, -0.05) is 80.8 Å². The van der Waals surface area contributed by atoms with Gasteiger partial charge in [-0.25, -0.2) is 4.79 Å². The number of likely N-dealkylation sites (N-methyl/N-ethyl adjacent to an activating group) is 1. The first kappa shape index (κ1) is 31.5. The van der Waals surface area contributed by atoms with Gasteiger partial charge in [0.15, 0.2) is 0 Å². The van der Waals surface area contributed by atoms with Crippen LogP contribution in [0.4, 0.5) is 10.5 Å². The maximum absolute atomic E-state index is 13.8. The van der Waals surface area contributed by atoms with Crippen LogP contribution in [0.3, 0.4) is 0 Å². The Morgan fingerprint density at radius 1 is 1.02 bits per heavy atom. The number of nitrogens with one attached hydrogen (secondary N) is 2. The number of fused-ring (bicyclic) bond motifs is 1. The van der Waals surface area contributed by atoms with E-state index in [9.17, 15) is 14.7 Å². The zero-order valence-electron chi connectivity index (χ0n) is 26.2. The smallest absolute Gasteiger partial charge is 0.319 e. The van der Waals surface area contributed by atoms with Crippen LogP contribution in [0, 0.1) is 5.92 Å². The lowest BCUT2D eigenvalue weighted by molar-refractivity contribution is 0.0341. The summed E-state index contributed by atoms with van der Waals surface area (Å²) in [7, 11) is 2.08. The lowest BCUT2D eigenvalue weighted by Crippen LogP contribution is -2.49. The van der Waals surface area contributed by atoms with Gasteiger partial charge in [0.25, 0.3) is 5.91 Å². The Labute approximate surface area is 261 Å². The Balaban J connectivity index is 1.30. The Morgan fingerprint density at radius 3 is 2.43 bits per heavy atom. The first-order valence-electron chi connectivity index (χ1n) is 15.9. The lowest BCUT2D eigenvalue weighted by atomic mass is 9.96. The molecule has 0 radical (unpaired) electrons. The molecular weight excluding hydrogens is 552 g/mol. The van der Waals surface area contributed by atoms with E-state index in [1.54, 1.807) is 23.1 Å². The molecule has 1 fully saturated rings. The number of hydrogen-bond acceptors (Lipinski definition) is 5. The Kier molecular flexibility index (Phi) is 10.6. The number of carbonyl (C=O) groups excluding carboxylic acids is 2. The molecule has 234 valence electrons. The highest BCUT2D eigenvalue weighted by Gasteiger charge is 2.33. The number of anilines is 1. The monoisotopic (exact) mass is 598 g/mol. The average molecular weight is 599 g/mol. The number of carbonyl (C=O) groups is 2. The quantitative estimate of drug-likeness (QED) is 0.274. The number of hydrogen-bond donors (Lipinski definition) is 3. The van der Waals surface area contributed by atoms with E-state index in [-0.39, 0.29) is 42.7 Å². The van der Waals surface area contributed by atoms with Crippen molar-refractivity contribution in [3.05, 3.63) is 83.9 Å². The van der Waals surface area contributed by atoms with Crippen molar-refractivity contribution < 1.29 is 19.4 Å². The molecule has 3 N–H and O–H groups in total. The van der Waals surface area contributed by atoms with Crippen molar-refractivity contribution in [2.45, 2.75) is 70.7 Å². The highest BCUT2D eigenvalue weighted by molar-refractivity contribution is 5.99. The van der Waals surface area contributed by atoms with Crippen molar-refractivity contribution in [1.29, 1.82) is 0 Å². The molecule has 0 unspecified atom stereocenters. The van der Waals surface area contributed by atoms with Crippen molar-refractivity contribution in [2.24, 2.45) is 5.92 Å². The normalized spacial score (nSPS) is 19.8. The predicted molar refractivity (Wildman–Crippen MR) is 175 cm³/mol. The maximum atomic E-state index is 13.8. The van der Waals surface area contributed by atoms with Crippen LogP contribution in [0.2, 0.25) is 0 Å². The van der Waals surface area contributed by atoms with E-state index in [2.05, 4.69) is 65.9 Å². The van der Waals surface area contributed by atoms with E-state index in [4.69, 9.17) is 4.74 Å². The minimum atomic E-state index is -0.358. The van der Waals surface area contributed by atoms with Gasteiger partial charge in [-0.05, 0) is 61.7 Å². The van der Waals surface area contributed by atoms with Gasteiger partial charge >= 0.3 is 6.03 Å². The molecule has 44 heavy (non-hydrogen) atoms. The van der Waals surface area contributed by atoms with E-state index in [1.165, 1.54) is 23.1 Å². The third kappa shape index (κ3) is 7.98. The number of urea groups is 1. The minimum absolute atomic E-state index is 0.0167. The van der Waals surface area contributed by atoms with Crippen molar-refractivity contribution in [3.8, 4) is 16.9 Å². The molecule has 5 rings (SSSR count). The van der Waals surface area contributed by atoms with E-state index >= 15 is 0 Å². The molecule has 8 heteroatoms. The van der Waals surface area contributed by atoms with Crippen LogP contribution in [0.25, 0.3) is 11.1 Å². The standard InChI is InChI=1S/C36H46N4O4/c1-25-21-40(26(2)24-41)35(42)32-20-31(38-36(43)37-30-12-8-5-9-13-30)18-19-33(32)44-34(25)23-39(3)22-27-14-16-29(17-15-27)28-10-6-4-7-11-28/h4,6-7,10-11,14-20,25-26,30,34,41H,5,8-9,12-13,21-24H2,1-3H3,(H2,37,38,43)/t25-,26-,34+/m1/s1. The van der Waals surface area contributed by atoms with Gasteiger partial charge in [0.05, 0.1) is 18.2 Å². The van der Waals surface area contributed by atoms with Gasteiger partial charge in [-0.2, -0.15) is 0 Å². The SMILES string of the molecule is C[C@@H]1CN([C@H](C)CO)C(=O)c2cc(NC(=O)NC3CCCCC3)ccc2O[C@H]1CN(C)Cc1ccc(-c2ccccc2)cc1. The molecule has 2 aliphatic rings. The van der Waals surface area contributed by atoms with Gasteiger partial charge in [0.1, 0.15) is 11.9 Å². The zero-order chi connectivity index (χ0) is 31.1. The first-order chi connectivity index (χ1) is 21.3. The van der Waals surface area contributed by atoms with Crippen molar-refractivity contribution in [3.63, 3.8) is 0 Å². The Hall–Kier alpha value is -3.88. The number of aliphatic hydroxyl groups excluding tert-OH is 1. The molecule has 1 aliphatic carbocycles. The van der Waals surface area contributed by atoms with Gasteiger partial charge < -0.3 is 25.4 Å². The van der Waals surface area contributed by atoms with Crippen LogP contribution in [0.5, 0.6) is 5.75 Å². The molecule has 1 heterocycles. The summed E-state index contributed by atoms with van der Waals surface area (Å²) < 4.78 is 6.57. The second-order valence-electron chi connectivity index (χ2n) is 12.5. The highest BCUT2D eigenvalue weighted by atomic mass is 16.5. The van der Waals surface area contributed by atoms with Crippen LogP contribution in [0.15, 0.2) is 72.8 Å². The van der Waals surface area contributed by atoms with Crippen LogP contribution >= 0.6 is 0 Å². The lowest BCUT2D eigenvalue weighted by Gasteiger charge is -2.38. The summed E-state index contributed by atoms with van der Waals surface area (Å²) in [6.07, 6.45) is 5.26. The van der Waals surface area contributed by atoms with Crippen LogP contribution in [0.1, 0.15) is 61.9 Å². The number of amides is 3. The first-order valence-corrected chi connectivity index (χ1v) is 15.9. The molecule has 3 amide bonds. The third-order valence-electron chi connectivity index (χ3n) is 8.87. The van der Waals surface area contributed by atoms with Gasteiger partial charge in [-0.3, -0.25) is 9.69 Å². The fourth-order valence-electron chi connectivity index (χ4n) is 6.23. The fraction of sp³-hybridized carbons (Fsp3) is 0.444. The maximum Gasteiger partial charge on any atom is 0.319 e. The zero-order valence-corrected chi connectivity index (χ0v) is 26.2. The molecule has 3 aromatic rings. The summed E-state index contributed by atoms with van der Waals surface area (Å²) in [5, 5.41) is 16.0. The number of rotatable bonds is 9. The Morgan fingerprint density at radius 2 is 1.73 bits per heavy atom. The molecule has 0 saturated heterocycles. The highest BCUT2D eigenvalue weighted by Crippen LogP contribution is 2.31.